The number of rotatable bonds is 8. The van der Waals surface area contributed by atoms with Crippen LogP contribution in [-0.4, -0.2) is 50.6 Å². The summed E-state index contributed by atoms with van der Waals surface area (Å²) >= 11 is 0. The van der Waals surface area contributed by atoms with Crippen molar-refractivity contribution in [2.24, 2.45) is 0 Å². The molecule has 2 heterocycles. The molecular formula is C22H33FO5. The second-order valence-electron chi connectivity index (χ2n) is 7.46. The first-order valence-corrected chi connectivity index (χ1v) is 10.5. The second-order valence-corrected chi connectivity index (χ2v) is 7.46. The van der Waals surface area contributed by atoms with Crippen LogP contribution in [-0.2, 0) is 36.9 Å². The Morgan fingerprint density at radius 3 is 2.29 bits per heavy atom. The van der Waals surface area contributed by atoms with Crippen LogP contribution in [0.15, 0.2) is 24.3 Å². The molecule has 1 saturated heterocycles. The van der Waals surface area contributed by atoms with Gasteiger partial charge in [0.25, 0.3) is 0 Å². The van der Waals surface area contributed by atoms with Crippen molar-refractivity contribution in [2.75, 3.05) is 19.8 Å². The van der Waals surface area contributed by atoms with Gasteiger partial charge in [0.15, 0.2) is 0 Å². The maximum absolute atomic E-state index is 14.9. The van der Waals surface area contributed by atoms with Gasteiger partial charge in [0.1, 0.15) is 24.4 Å². The molecule has 0 aliphatic carbocycles. The minimum atomic E-state index is -1.56. The molecule has 1 aromatic rings. The van der Waals surface area contributed by atoms with Crippen molar-refractivity contribution >= 4 is 0 Å². The molecular weight excluding hydrogens is 363 g/mol. The molecule has 5 nitrogen and oxygen atoms in total. The Morgan fingerprint density at radius 1 is 0.964 bits per heavy atom. The summed E-state index contributed by atoms with van der Waals surface area (Å²) in [4.78, 5) is 0. The van der Waals surface area contributed by atoms with Crippen LogP contribution in [0.1, 0.15) is 50.7 Å². The van der Waals surface area contributed by atoms with E-state index in [0.29, 0.717) is 26.4 Å². The van der Waals surface area contributed by atoms with Crippen molar-refractivity contribution in [3.8, 4) is 0 Å². The van der Waals surface area contributed by atoms with Crippen molar-refractivity contribution in [1.82, 2.24) is 0 Å². The minimum Gasteiger partial charge on any atom is -0.374 e. The zero-order valence-corrected chi connectivity index (χ0v) is 17.0. The van der Waals surface area contributed by atoms with E-state index in [9.17, 15) is 4.39 Å². The molecule has 3 rings (SSSR count). The second kappa shape index (κ2) is 11.2. The standard InChI is InChI=1S/C22H33FO5/c1-3-5-11-25-19-18-15-24-13-16-9-7-8-10-17(16)14-27-20(19)21(22(23)28-18)26-12-6-4-2/h7-10,18-22H,3-6,11-15H2,1-2H3/t18?,19-,20?,21-,22?/m0/s1. The summed E-state index contributed by atoms with van der Waals surface area (Å²) in [5.41, 5.74) is 2.12. The van der Waals surface area contributed by atoms with E-state index < -0.39 is 30.8 Å². The molecule has 0 radical (unpaired) electrons. The number of hydrogen-bond acceptors (Lipinski definition) is 5. The lowest BCUT2D eigenvalue weighted by molar-refractivity contribution is -0.296. The molecule has 0 aromatic heterocycles. The van der Waals surface area contributed by atoms with Gasteiger partial charge in [-0.1, -0.05) is 51.0 Å². The largest absolute Gasteiger partial charge is 0.374 e. The molecule has 6 heteroatoms. The third kappa shape index (κ3) is 5.51. The molecule has 0 saturated carbocycles. The first-order valence-electron chi connectivity index (χ1n) is 10.5. The molecule has 0 N–H and O–H groups in total. The number of unbranched alkanes of at least 4 members (excludes halogenated alkanes) is 2. The topological polar surface area (TPSA) is 46.2 Å². The average molecular weight is 396 g/mol. The lowest BCUT2D eigenvalue weighted by Gasteiger charge is -2.44. The van der Waals surface area contributed by atoms with Crippen LogP contribution in [0, 0.1) is 0 Å². The van der Waals surface area contributed by atoms with Crippen LogP contribution in [0.5, 0.6) is 0 Å². The average Bonchev–Trinajstić information content (AvgIpc) is 2.70. The molecule has 0 amide bonds. The number of alkyl halides is 1. The lowest BCUT2D eigenvalue weighted by atomic mass is 9.98. The third-order valence-corrected chi connectivity index (χ3v) is 5.28. The van der Waals surface area contributed by atoms with E-state index >= 15 is 0 Å². The van der Waals surface area contributed by atoms with E-state index in [0.717, 1.165) is 36.8 Å². The Labute approximate surface area is 167 Å². The van der Waals surface area contributed by atoms with Gasteiger partial charge in [-0.3, -0.25) is 0 Å². The summed E-state index contributed by atoms with van der Waals surface area (Å²) in [6.45, 7) is 6.31. The Hall–Kier alpha value is -1.05. The molecule has 5 atom stereocenters. The van der Waals surface area contributed by atoms with Gasteiger partial charge in [-0.25, -0.2) is 4.39 Å². The van der Waals surface area contributed by atoms with Gasteiger partial charge in [0.2, 0.25) is 6.36 Å². The van der Waals surface area contributed by atoms with E-state index in [4.69, 9.17) is 23.7 Å². The fourth-order valence-corrected chi connectivity index (χ4v) is 3.60. The molecule has 1 fully saturated rings. The van der Waals surface area contributed by atoms with Crippen molar-refractivity contribution < 1.29 is 28.1 Å². The van der Waals surface area contributed by atoms with Gasteiger partial charge in [0, 0.05) is 13.2 Å². The van der Waals surface area contributed by atoms with E-state index in [1.165, 1.54) is 0 Å². The molecule has 0 spiro atoms. The van der Waals surface area contributed by atoms with Crippen molar-refractivity contribution in [3.63, 3.8) is 0 Å². The predicted octanol–water partition coefficient (Wildman–Crippen LogP) is 4.17. The van der Waals surface area contributed by atoms with Crippen LogP contribution in [0.4, 0.5) is 4.39 Å². The third-order valence-electron chi connectivity index (χ3n) is 5.28. The van der Waals surface area contributed by atoms with Gasteiger partial charge in [0.05, 0.1) is 19.8 Å². The maximum Gasteiger partial charge on any atom is 0.228 e. The zero-order valence-electron chi connectivity index (χ0n) is 17.0. The van der Waals surface area contributed by atoms with E-state index in [2.05, 4.69) is 13.8 Å². The predicted molar refractivity (Wildman–Crippen MR) is 104 cm³/mol. The SMILES string of the molecule is CCCCO[C@@H]1C(F)OC2COCc3ccccc3COC1[C@H]2OCCCC. The smallest absolute Gasteiger partial charge is 0.228 e. The number of halogens is 1. The Bertz CT molecular complexity index is 584. The highest BCUT2D eigenvalue weighted by Crippen LogP contribution is 2.31. The summed E-state index contributed by atoms with van der Waals surface area (Å²) in [6, 6.07) is 8.00. The molecule has 28 heavy (non-hydrogen) atoms. The van der Waals surface area contributed by atoms with Crippen LogP contribution in [0.2, 0.25) is 0 Å². The monoisotopic (exact) mass is 396 g/mol. The van der Waals surface area contributed by atoms with Crippen LogP contribution in [0.3, 0.4) is 0 Å². The highest BCUT2D eigenvalue weighted by molar-refractivity contribution is 5.26. The quantitative estimate of drug-likeness (QED) is 0.617. The first-order chi connectivity index (χ1) is 13.7. The van der Waals surface area contributed by atoms with Crippen LogP contribution >= 0.6 is 0 Å². The highest BCUT2D eigenvalue weighted by atomic mass is 19.1. The van der Waals surface area contributed by atoms with E-state index in [-0.39, 0.29) is 6.61 Å². The van der Waals surface area contributed by atoms with E-state index in [1.54, 1.807) is 0 Å². The minimum absolute atomic E-state index is 0.257. The Balaban J connectivity index is 1.81. The van der Waals surface area contributed by atoms with Crippen molar-refractivity contribution in [2.45, 2.75) is 83.5 Å². The van der Waals surface area contributed by atoms with Gasteiger partial charge in [-0.15, -0.1) is 0 Å². The Morgan fingerprint density at radius 2 is 1.61 bits per heavy atom. The number of hydrogen-bond donors (Lipinski definition) is 0. The van der Waals surface area contributed by atoms with Gasteiger partial charge < -0.3 is 23.7 Å². The van der Waals surface area contributed by atoms with Gasteiger partial charge in [-0.05, 0) is 24.0 Å². The van der Waals surface area contributed by atoms with Crippen molar-refractivity contribution in [3.05, 3.63) is 35.4 Å². The molecule has 1 aromatic carbocycles. The van der Waals surface area contributed by atoms with Crippen molar-refractivity contribution in [1.29, 1.82) is 0 Å². The maximum atomic E-state index is 14.9. The molecule has 158 valence electrons. The van der Waals surface area contributed by atoms with E-state index in [1.807, 2.05) is 24.3 Å². The fraction of sp³-hybridized carbons (Fsp3) is 0.727. The summed E-state index contributed by atoms with van der Waals surface area (Å²) in [5, 5.41) is 0. The fourth-order valence-electron chi connectivity index (χ4n) is 3.60. The molecule has 2 aliphatic rings. The summed E-state index contributed by atoms with van der Waals surface area (Å²) in [5.74, 6) is 0. The van der Waals surface area contributed by atoms with Crippen LogP contribution in [0.25, 0.3) is 0 Å². The lowest BCUT2D eigenvalue weighted by Crippen LogP contribution is -2.60. The molecule has 2 aliphatic heterocycles. The van der Waals surface area contributed by atoms with Gasteiger partial charge >= 0.3 is 0 Å². The summed E-state index contributed by atoms with van der Waals surface area (Å²) in [7, 11) is 0. The first kappa shape index (κ1) is 21.7. The number of ether oxygens (including phenoxy) is 5. The molecule has 3 unspecified atom stereocenters. The highest BCUT2D eigenvalue weighted by Gasteiger charge is 2.48. The van der Waals surface area contributed by atoms with Gasteiger partial charge in [-0.2, -0.15) is 0 Å². The normalized spacial score (nSPS) is 30.6. The Kier molecular flexibility index (Phi) is 8.67. The number of fused-ring (bicyclic) bond motifs is 3. The summed E-state index contributed by atoms with van der Waals surface area (Å²) < 4.78 is 44.6. The number of benzene rings is 1. The summed E-state index contributed by atoms with van der Waals surface area (Å²) in [6.07, 6.45) is -0.0447. The molecule has 2 bridgehead atoms. The van der Waals surface area contributed by atoms with Crippen LogP contribution < -0.4 is 0 Å². The zero-order chi connectivity index (χ0) is 19.8.